The van der Waals surface area contributed by atoms with Gasteiger partial charge in [0.05, 0.1) is 5.54 Å². The van der Waals surface area contributed by atoms with Gasteiger partial charge in [0.25, 0.3) is 0 Å². The Morgan fingerprint density at radius 1 is 1.22 bits per heavy atom. The van der Waals surface area contributed by atoms with E-state index in [1.165, 1.54) is 18.4 Å². The van der Waals surface area contributed by atoms with Gasteiger partial charge in [-0.3, -0.25) is 4.99 Å². The average Bonchev–Trinajstić information content (AvgIpc) is 2.38. The number of hydrogen-bond acceptors (Lipinski definition) is 1. The van der Waals surface area contributed by atoms with Crippen LogP contribution in [0.15, 0.2) is 47.0 Å². The first-order chi connectivity index (χ1) is 8.59. The number of allylic oxidation sites excluding steroid dienone is 1. The van der Waals surface area contributed by atoms with Crippen molar-refractivity contribution in [2.24, 2.45) is 10.9 Å². The molecule has 1 nitrogen and oxygen atoms in total. The van der Waals surface area contributed by atoms with Gasteiger partial charge in [-0.25, -0.2) is 0 Å². The predicted octanol–water partition coefficient (Wildman–Crippen LogP) is 4.63. The summed E-state index contributed by atoms with van der Waals surface area (Å²) in [6.07, 6.45) is 7.86. The molecule has 0 aromatic heterocycles. The molecule has 1 unspecified atom stereocenters. The second-order valence-electron chi connectivity index (χ2n) is 5.80. The third-order valence-corrected chi connectivity index (χ3v) is 3.82. The van der Waals surface area contributed by atoms with Gasteiger partial charge in [0.15, 0.2) is 0 Å². The summed E-state index contributed by atoms with van der Waals surface area (Å²) in [5.41, 5.74) is 2.88. The number of rotatable bonds is 3. The summed E-state index contributed by atoms with van der Waals surface area (Å²) in [5, 5.41) is 0. The molecule has 1 aromatic rings. The van der Waals surface area contributed by atoms with E-state index in [1.807, 2.05) is 12.3 Å². The second kappa shape index (κ2) is 5.51. The highest BCUT2D eigenvalue weighted by molar-refractivity contribution is 5.79. The molecule has 2 rings (SSSR count). The minimum atomic E-state index is 0.0915. The van der Waals surface area contributed by atoms with Crippen molar-refractivity contribution in [1.82, 2.24) is 0 Å². The van der Waals surface area contributed by atoms with E-state index in [1.54, 1.807) is 5.57 Å². The monoisotopic (exact) mass is 241 g/mol. The number of nitrogens with zero attached hydrogens (tertiary/aromatic N) is 1. The van der Waals surface area contributed by atoms with Crippen LogP contribution in [0, 0.1) is 5.92 Å². The fourth-order valence-corrected chi connectivity index (χ4v) is 2.38. The third kappa shape index (κ3) is 3.32. The Morgan fingerprint density at radius 3 is 2.50 bits per heavy atom. The zero-order chi connectivity index (χ0) is 13.0. The molecule has 96 valence electrons. The van der Waals surface area contributed by atoms with Gasteiger partial charge in [-0.1, -0.05) is 55.8 Å². The highest BCUT2D eigenvalue weighted by Crippen LogP contribution is 2.33. The molecule has 1 aliphatic rings. The molecular formula is C17H23N. The van der Waals surface area contributed by atoms with Crippen LogP contribution in [0.25, 0.3) is 0 Å². The zero-order valence-electron chi connectivity index (χ0n) is 11.7. The van der Waals surface area contributed by atoms with Crippen molar-refractivity contribution in [3.05, 3.63) is 47.5 Å². The predicted molar refractivity (Wildman–Crippen MR) is 79.2 cm³/mol. The van der Waals surface area contributed by atoms with Gasteiger partial charge in [0, 0.05) is 6.21 Å². The lowest BCUT2D eigenvalue weighted by Crippen LogP contribution is -2.25. The average molecular weight is 241 g/mol. The SMILES string of the molecule is CC(C)C1=CCC(C)(N=Cc2ccccc2)CC1. The number of aliphatic imine (C=N–C) groups is 1. The maximum Gasteiger partial charge on any atom is 0.0617 e. The van der Waals surface area contributed by atoms with Crippen LogP contribution in [-0.2, 0) is 0 Å². The van der Waals surface area contributed by atoms with Crippen LogP contribution in [0.5, 0.6) is 0 Å². The first-order valence-corrected chi connectivity index (χ1v) is 6.88. The Balaban J connectivity index is 2.04. The summed E-state index contributed by atoms with van der Waals surface area (Å²) in [5.74, 6) is 0.688. The van der Waals surface area contributed by atoms with Crippen LogP contribution in [0.4, 0.5) is 0 Å². The highest BCUT2D eigenvalue weighted by atomic mass is 14.8. The fraction of sp³-hybridized carbons (Fsp3) is 0.471. The van der Waals surface area contributed by atoms with Crippen molar-refractivity contribution >= 4 is 6.21 Å². The number of hydrogen-bond donors (Lipinski definition) is 0. The molecule has 1 heteroatoms. The first-order valence-electron chi connectivity index (χ1n) is 6.88. The van der Waals surface area contributed by atoms with Gasteiger partial charge < -0.3 is 0 Å². The number of benzene rings is 1. The minimum absolute atomic E-state index is 0.0915. The van der Waals surface area contributed by atoms with Gasteiger partial charge in [0.2, 0.25) is 0 Å². The Hall–Kier alpha value is -1.37. The molecule has 18 heavy (non-hydrogen) atoms. The van der Waals surface area contributed by atoms with Gasteiger partial charge in [-0.2, -0.15) is 0 Å². The highest BCUT2D eigenvalue weighted by Gasteiger charge is 2.26. The molecule has 0 fully saturated rings. The van der Waals surface area contributed by atoms with Gasteiger partial charge in [0.1, 0.15) is 0 Å². The molecule has 0 amide bonds. The molecule has 1 aliphatic carbocycles. The lowest BCUT2D eigenvalue weighted by Gasteiger charge is -2.30. The van der Waals surface area contributed by atoms with E-state index in [2.05, 4.69) is 51.1 Å². The van der Waals surface area contributed by atoms with Crippen molar-refractivity contribution in [3.63, 3.8) is 0 Å². The fourth-order valence-electron chi connectivity index (χ4n) is 2.38. The Kier molecular flexibility index (Phi) is 4.00. The molecular weight excluding hydrogens is 218 g/mol. The molecule has 1 aromatic carbocycles. The summed E-state index contributed by atoms with van der Waals surface area (Å²) < 4.78 is 0. The van der Waals surface area contributed by atoms with Crippen molar-refractivity contribution in [3.8, 4) is 0 Å². The van der Waals surface area contributed by atoms with Crippen molar-refractivity contribution in [2.45, 2.75) is 45.6 Å². The summed E-state index contributed by atoms with van der Waals surface area (Å²) in [7, 11) is 0. The van der Waals surface area contributed by atoms with Gasteiger partial charge in [-0.15, -0.1) is 0 Å². The largest absolute Gasteiger partial charge is 0.286 e. The molecule has 0 spiro atoms. The van der Waals surface area contributed by atoms with E-state index in [0.29, 0.717) is 5.92 Å². The summed E-state index contributed by atoms with van der Waals surface area (Å²) in [6, 6.07) is 10.4. The Morgan fingerprint density at radius 2 is 1.94 bits per heavy atom. The van der Waals surface area contributed by atoms with Crippen molar-refractivity contribution < 1.29 is 0 Å². The van der Waals surface area contributed by atoms with E-state index in [4.69, 9.17) is 4.99 Å². The molecule has 0 radical (unpaired) electrons. The van der Waals surface area contributed by atoms with E-state index in [0.717, 1.165) is 6.42 Å². The Labute approximate surface area is 111 Å². The van der Waals surface area contributed by atoms with E-state index >= 15 is 0 Å². The van der Waals surface area contributed by atoms with Crippen LogP contribution in [0.3, 0.4) is 0 Å². The van der Waals surface area contributed by atoms with Crippen molar-refractivity contribution in [2.75, 3.05) is 0 Å². The molecule has 0 saturated heterocycles. The van der Waals surface area contributed by atoms with E-state index in [9.17, 15) is 0 Å². The van der Waals surface area contributed by atoms with Crippen LogP contribution in [0.2, 0.25) is 0 Å². The molecule has 0 N–H and O–H groups in total. The molecule has 0 aliphatic heterocycles. The van der Waals surface area contributed by atoms with Gasteiger partial charge >= 0.3 is 0 Å². The normalized spacial score (nSPS) is 24.6. The zero-order valence-corrected chi connectivity index (χ0v) is 11.7. The second-order valence-corrected chi connectivity index (χ2v) is 5.80. The van der Waals surface area contributed by atoms with Crippen molar-refractivity contribution in [1.29, 1.82) is 0 Å². The molecule has 1 atom stereocenters. The minimum Gasteiger partial charge on any atom is -0.286 e. The van der Waals surface area contributed by atoms with Crippen LogP contribution >= 0.6 is 0 Å². The van der Waals surface area contributed by atoms with E-state index in [-0.39, 0.29) is 5.54 Å². The van der Waals surface area contributed by atoms with Gasteiger partial charge in [-0.05, 0) is 37.7 Å². The summed E-state index contributed by atoms with van der Waals surface area (Å²) in [4.78, 5) is 4.81. The molecule has 0 saturated carbocycles. The smallest absolute Gasteiger partial charge is 0.0617 e. The first kappa shape index (κ1) is 13.1. The standard InChI is InChI=1S/C17H23N/c1-14(2)16-9-11-17(3,12-10-16)18-13-15-7-5-4-6-8-15/h4-9,13-14H,10-12H2,1-3H3. The maximum absolute atomic E-state index is 4.81. The van der Waals surface area contributed by atoms with E-state index < -0.39 is 0 Å². The Bertz CT molecular complexity index is 442. The lowest BCUT2D eigenvalue weighted by atomic mass is 9.81. The molecule has 0 bridgehead atoms. The van der Waals surface area contributed by atoms with Crippen LogP contribution in [-0.4, -0.2) is 11.8 Å². The lowest BCUT2D eigenvalue weighted by molar-refractivity contribution is 0.411. The molecule has 0 heterocycles. The quantitative estimate of drug-likeness (QED) is 0.540. The van der Waals surface area contributed by atoms with Crippen LogP contribution < -0.4 is 0 Å². The summed E-state index contributed by atoms with van der Waals surface area (Å²) in [6.45, 7) is 6.82. The maximum atomic E-state index is 4.81. The topological polar surface area (TPSA) is 12.4 Å². The third-order valence-electron chi connectivity index (χ3n) is 3.82. The summed E-state index contributed by atoms with van der Waals surface area (Å²) >= 11 is 0. The van der Waals surface area contributed by atoms with Crippen LogP contribution in [0.1, 0.15) is 45.6 Å².